The third kappa shape index (κ3) is 5.36. The lowest BCUT2D eigenvalue weighted by Gasteiger charge is -2.28. The minimum atomic E-state index is -2.95. The molecule has 3 rings (SSSR count). The van der Waals surface area contributed by atoms with Gasteiger partial charge in [0.2, 0.25) is 5.91 Å². The lowest BCUT2D eigenvalue weighted by molar-refractivity contribution is -0.121. The van der Waals surface area contributed by atoms with Gasteiger partial charge in [0.1, 0.15) is 0 Å². The molecule has 1 amide bonds. The Balaban J connectivity index is 1.39. The van der Waals surface area contributed by atoms with Crippen LogP contribution in [0.1, 0.15) is 32.1 Å². The number of carbonyl (C=O) groups excluding carboxylic acids is 1. The molecule has 7 heteroatoms. The summed E-state index contributed by atoms with van der Waals surface area (Å²) in [6.45, 7) is 2.79. The van der Waals surface area contributed by atoms with Gasteiger partial charge in [-0.2, -0.15) is 0 Å². The van der Waals surface area contributed by atoms with Crippen LogP contribution < -0.4 is 15.5 Å². The van der Waals surface area contributed by atoms with Crippen LogP contribution in [0.15, 0.2) is 24.3 Å². The third-order valence-corrected chi connectivity index (χ3v) is 6.64. The first-order valence-electron chi connectivity index (χ1n) is 9.10. The van der Waals surface area contributed by atoms with Crippen molar-refractivity contribution >= 4 is 27.1 Å². The number of hydrogen-bond acceptors (Lipinski definition) is 5. The highest BCUT2D eigenvalue weighted by molar-refractivity contribution is 7.91. The zero-order valence-electron chi connectivity index (χ0n) is 14.5. The normalized spacial score (nSPS) is 22.6. The van der Waals surface area contributed by atoms with Gasteiger partial charge >= 0.3 is 0 Å². The summed E-state index contributed by atoms with van der Waals surface area (Å²) in [5, 5.41) is 6.06. The molecule has 1 aromatic carbocycles. The van der Waals surface area contributed by atoms with Crippen molar-refractivity contribution in [1.82, 2.24) is 5.32 Å². The molecule has 0 radical (unpaired) electrons. The highest BCUT2D eigenvalue weighted by Gasteiger charge is 2.28. The molecule has 2 N–H and O–H groups in total. The van der Waals surface area contributed by atoms with Crippen molar-refractivity contribution in [2.75, 3.05) is 41.4 Å². The molecule has 1 aromatic rings. The highest BCUT2D eigenvalue weighted by atomic mass is 32.2. The second-order valence-electron chi connectivity index (χ2n) is 6.94. The number of rotatable bonds is 6. The molecule has 2 heterocycles. The van der Waals surface area contributed by atoms with Crippen LogP contribution in [-0.2, 0) is 14.6 Å². The van der Waals surface area contributed by atoms with Crippen molar-refractivity contribution in [2.45, 2.75) is 38.1 Å². The van der Waals surface area contributed by atoms with E-state index in [0.717, 1.165) is 18.8 Å². The Morgan fingerprint density at radius 2 is 1.84 bits per heavy atom. The third-order valence-electron chi connectivity index (χ3n) is 4.87. The molecule has 138 valence electrons. The van der Waals surface area contributed by atoms with Gasteiger partial charge in [0.15, 0.2) is 9.84 Å². The SMILES string of the molecule is O=C(CCNc1ccc(N2CCCCC2)cc1)NC1CCS(=O)(=O)C1. The largest absolute Gasteiger partial charge is 0.385 e. The fraction of sp³-hybridized carbons (Fsp3) is 0.611. The highest BCUT2D eigenvalue weighted by Crippen LogP contribution is 2.21. The van der Waals surface area contributed by atoms with Crippen LogP contribution in [-0.4, -0.2) is 51.5 Å². The van der Waals surface area contributed by atoms with E-state index in [9.17, 15) is 13.2 Å². The molecule has 1 atom stereocenters. The van der Waals surface area contributed by atoms with Gasteiger partial charge in [0.05, 0.1) is 11.5 Å². The Kier molecular flexibility index (Phi) is 5.83. The summed E-state index contributed by atoms with van der Waals surface area (Å²) in [5.74, 6) is 0.156. The molecule has 0 bridgehead atoms. The Labute approximate surface area is 149 Å². The first kappa shape index (κ1) is 18.0. The van der Waals surface area contributed by atoms with Crippen molar-refractivity contribution < 1.29 is 13.2 Å². The van der Waals surface area contributed by atoms with Crippen molar-refractivity contribution in [1.29, 1.82) is 0 Å². The first-order valence-corrected chi connectivity index (χ1v) is 10.9. The topological polar surface area (TPSA) is 78.5 Å². The molecule has 25 heavy (non-hydrogen) atoms. The van der Waals surface area contributed by atoms with Crippen LogP contribution in [0, 0.1) is 0 Å². The van der Waals surface area contributed by atoms with Gasteiger partial charge < -0.3 is 15.5 Å². The predicted octanol–water partition coefficient (Wildman–Crippen LogP) is 1.78. The van der Waals surface area contributed by atoms with Gasteiger partial charge in [-0.05, 0) is 49.9 Å². The summed E-state index contributed by atoms with van der Waals surface area (Å²) in [6.07, 6.45) is 4.71. The molecule has 2 aliphatic rings. The van der Waals surface area contributed by atoms with Gasteiger partial charge in [-0.15, -0.1) is 0 Å². The van der Waals surface area contributed by atoms with Crippen LogP contribution in [0.4, 0.5) is 11.4 Å². The van der Waals surface area contributed by atoms with Crippen molar-refractivity contribution in [3.63, 3.8) is 0 Å². The van der Waals surface area contributed by atoms with E-state index >= 15 is 0 Å². The van der Waals surface area contributed by atoms with Gasteiger partial charge in [-0.3, -0.25) is 4.79 Å². The molecule has 1 unspecified atom stereocenters. The molecular weight excluding hydrogens is 338 g/mol. The van der Waals surface area contributed by atoms with Crippen molar-refractivity contribution in [3.05, 3.63) is 24.3 Å². The quantitative estimate of drug-likeness (QED) is 0.803. The number of piperidine rings is 1. The van der Waals surface area contributed by atoms with Crippen molar-refractivity contribution in [2.24, 2.45) is 0 Å². The van der Waals surface area contributed by atoms with E-state index in [0.29, 0.717) is 19.4 Å². The zero-order valence-corrected chi connectivity index (χ0v) is 15.4. The van der Waals surface area contributed by atoms with Gasteiger partial charge in [-0.25, -0.2) is 8.42 Å². The Morgan fingerprint density at radius 3 is 2.48 bits per heavy atom. The molecule has 2 aliphatic heterocycles. The fourth-order valence-electron chi connectivity index (χ4n) is 3.47. The van der Waals surface area contributed by atoms with E-state index < -0.39 is 9.84 Å². The molecule has 6 nitrogen and oxygen atoms in total. The lowest BCUT2D eigenvalue weighted by Crippen LogP contribution is -2.36. The van der Waals surface area contributed by atoms with Crippen LogP contribution in [0.3, 0.4) is 0 Å². The summed E-state index contributed by atoms with van der Waals surface area (Å²) in [5.41, 5.74) is 2.25. The Morgan fingerprint density at radius 1 is 1.12 bits per heavy atom. The first-order chi connectivity index (χ1) is 12.0. The summed E-state index contributed by atoms with van der Waals surface area (Å²) in [6, 6.07) is 8.12. The number of sulfone groups is 1. The predicted molar refractivity (Wildman–Crippen MR) is 101 cm³/mol. The number of hydrogen-bond donors (Lipinski definition) is 2. The van der Waals surface area contributed by atoms with Gasteiger partial charge in [-0.1, -0.05) is 0 Å². The number of amides is 1. The monoisotopic (exact) mass is 365 g/mol. The van der Waals surface area contributed by atoms with Crippen LogP contribution in [0.5, 0.6) is 0 Å². The maximum absolute atomic E-state index is 11.9. The zero-order chi connectivity index (χ0) is 17.7. The maximum Gasteiger partial charge on any atom is 0.222 e. The summed E-state index contributed by atoms with van der Waals surface area (Å²) >= 11 is 0. The van der Waals surface area contributed by atoms with Gasteiger partial charge in [0.25, 0.3) is 0 Å². The van der Waals surface area contributed by atoms with E-state index in [1.807, 2.05) is 12.1 Å². The molecular formula is C18H27N3O3S. The molecule has 0 aromatic heterocycles. The number of anilines is 2. The average Bonchev–Trinajstić information content (AvgIpc) is 2.95. The Hall–Kier alpha value is -1.76. The smallest absolute Gasteiger partial charge is 0.222 e. The van der Waals surface area contributed by atoms with Crippen LogP contribution >= 0.6 is 0 Å². The summed E-state index contributed by atoms with van der Waals surface area (Å²) in [4.78, 5) is 14.3. The van der Waals surface area contributed by atoms with Gasteiger partial charge in [0, 0.05) is 43.5 Å². The molecule has 0 aliphatic carbocycles. The average molecular weight is 365 g/mol. The minimum absolute atomic E-state index is 0.0735. The number of benzene rings is 1. The minimum Gasteiger partial charge on any atom is -0.385 e. The van der Waals surface area contributed by atoms with E-state index in [1.54, 1.807) is 0 Å². The number of carbonyl (C=O) groups is 1. The Bertz CT molecular complexity index is 682. The maximum atomic E-state index is 11.9. The number of nitrogens with one attached hydrogen (secondary N) is 2. The van der Waals surface area contributed by atoms with Crippen molar-refractivity contribution in [3.8, 4) is 0 Å². The second kappa shape index (κ2) is 8.08. The standard InChI is InChI=1S/C18H27N3O3S/c22-18(20-16-9-13-25(23,24)14-16)8-10-19-15-4-6-17(7-5-15)21-11-2-1-3-12-21/h4-7,16,19H,1-3,8-14H2,(H,20,22). The lowest BCUT2D eigenvalue weighted by atomic mass is 10.1. The summed E-state index contributed by atoms with van der Waals surface area (Å²) in [7, 11) is -2.95. The van der Waals surface area contributed by atoms with E-state index in [-0.39, 0.29) is 23.5 Å². The molecule has 0 saturated carbocycles. The molecule has 2 fully saturated rings. The van der Waals surface area contributed by atoms with E-state index in [1.165, 1.54) is 24.9 Å². The second-order valence-corrected chi connectivity index (χ2v) is 9.17. The van der Waals surface area contributed by atoms with E-state index in [4.69, 9.17) is 0 Å². The van der Waals surface area contributed by atoms with E-state index in [2.05, 4.69) is 27.7 Å². The fourth-order valence-corrected chi connectivity index (χ4v) is 5.14. The van der Waals surface area contributed by atoms with Crippen LogP contribution in [0.2, 0.25) is 0 Å². The number of nitrogens with zero attached hydrogens (tertiary/aromatic N) is 1. The summed E-state index contributed by atoms with van der Waals surface area (Å²) < 4.78 is 22.8. The van der Waals surface area contributed by atoms with Crippen LogP contribution in [0.25, 0.3) is 0 Å². The molecule has 0 spiro atoms. The molecule has 2 saturated heterocycles.